The molecule has 0 amide bonds. The van der Waals surface area contributed by atoms with E-state index in [2.05, 4.69) is 48.5 Å². The zero-order chi connectivity index (χ0) is 28.8. The molecule has 0 radical (unpaired) electrons. The lowest BCUT2D eigenvalue weighted by Gasteiger charge is -2.20. The molecule has 6 aromatic carbocycles. The lowest BCUT2D eigenvalue weighted by molar-refractivity contribution is 0.592. The van der Waals surface area contributed by atoms with Crippen LogP contribution in [0.5, 0.6) is 0 Å². The van der Waals surface area contributed by atoms with Gasteiger partial charge in [-0.3, -0.25) is 0 Å². The van der Waals surface area contributed by atoms with Crippen LogP contribution >= 0.6 is 7.14 Å². The molecule has 8 aromatic rings. The van der Waals surface area contributed by atoms with E-state index in [1.165, 1.54) is 0 Å². The molecule has 0 spiro atoms. The number of para-hydroxylation sites is 1. The van der Waals surface area contributed by atoms with Gasteiger partial charge in [0.2, 0.25) is 0 Å². The van der Waals surface area contributed by atoms with Gasteiger partial charge in [-0.25, -0.2) is 4.98 Å². The Hall–Kier alpha value is -5.24. The molecule has 43 heavy (non-hydrogen) atoms. The first-order valence-electron chi connectivity index (χ1n) is 14.3. The molecular weight excluding hydrogens is 545 g/mol. The van der Waals surface area contributed by atoms with Crippen molar-refractivity contribution in [1.82, 2.24) is 4.98 Å². The van der Waals surface area contributed by atoms with Crippen molar-refractivity contribution in [3.63, 3.8) is 0 Å². The van der Waals surface area contributed by atoms with Crippen molar-refractivity contribution in [3.05, 3.63) is 158 Å². The number of furan rings is 1. The molecule has 0 fully saturated rings. The Balaban J connectivity index is 1.28. The fraction of sp³-hybridized carbons (Fsp3) is 0. The van der Waals surface area contributed by atoms with Crippen molar-refractivity contribution < 1.29 is 8.98 Å². The third kappa shape index (κ3) is 4.21. The summed E-state index contributed by atoms with van der Waals surface area (Å²) in [5.41, 5.74) is 6.49. The minimum atomic E-state index is -3.03. The van der Waals surface area contributed by atoms with Gasteiger partial charge in [0.15, 0.2) is 12.7 Å². The van der Waals surface area contributed by atoms with Gasteiger partial charge in [0.25, 0.3) is 0 Å². The van der Waals surface area contributed by atoms with Gasteiger partial charge < -0.3 is 8.98 Å². The third-order valence-electron chi connectivity index (χ3n) is 8.16. The van der Waals surface area contributed by atoms with Crippen LogP contribution in [-0.4, -0.2) is 4.98 Å². The van der Waals surface area contributed by atoms with Crippen molar-refractivity contribution in [2.75, 3.05) is 0 Å². The number of pyridine rings is 1. The molecular formula is C39H26NO2P. The van der Waals surface area contributed by atoms with E-state index in [1.54, 1.807) is 0 Å². The molecule has 8 rings (SSSR count). The minimum absolute atomic E-state index is 0.801. The molecule has 0 atom stereocenters. The number of hydrogen-bond donors (Lipinski definition) is 0. The van der Waals surface area contributed by atoms with E-state index in [9.17, 15) is 4.57 Å². The second-order valence-corrected chi connectivity index (χ2v) is 13.5. The van der Waals surface area contributed by atoms with Gasteiger partial charge in [-0.2, -0.15) is 0 Å². The van der Waals surface area contributed by atoms with E-state index in [0.717, 1.165) is 71.1 Å². The Kier molecular flexibility index (Phi) is 6.06. The van der Waals surface area contributed by atoms with Crippen LogP contribution in [0.25, 0.3) is 55.2 Å². The lowest BCUT2D eigenvalue weighted by atomic mass is 9.99. The van der Waals surface area contributed by atoms with Gasteiger partial charge in [-0.15, -0.1) is 0 Å². The molecule has 0 saturated carbocycles. The SMILES string of the molecule is O=P(c1ccccc1)(c1ccccc1)c1ccc(-c2ccc3c(c2)nc(-c2ccccc2)c2oc4ccccc4c23)cc1. The first kappa shape index (κ1) is 25.5. The molecule has 0 unspecified atom stereocenters. The summed E-state index contributed by atoms with van der Waals surface area (Å²) in [6.45, 7) is 0. The highest BCUT2D eigenvalue weighted by atomic mass is 31.2. The molecule has 3 nitrogen and oxygen atoms in total. The maximum atomic E-state index is 14.8. The smallest absolute Gasteiger partial charge is 0.171 e. The van der Waals surface area contributed by atoms with E-state index < -0.39 is 7.14 Å². The van der Waals surface area contributed by atoms with Crippen molar-refractivity contribution in [2.24, 2.45) is 0 Å². The second-order valence-electron chi connectivity index (χ2n) is 10.7. The standard InChI is InChI=1S/C39H26NO2P/c41-43(30-14-6-2-7-15-30,31-16-8-3-9-17-31)32-23-20-27(21-24-32)29-22-25-33-35(26-29)40-38(28-12-4-1-5-13-28)39-37(33)34-18-10-11-19-36(34)42-39/h1-26H. The number of benzene rings is 6. The van der Waals surface area contributed by atoms with E-state index in [1.807, 2.05) is 109 Å². The van der Waals surface area contributed by atoms with Crippen LogP contribution < -0.4 is 15.9 Å². The topological polar surface area (TPSA) is 43.1 Å². The summed E-state index contributed by atoms with van der Waals surface area (Å²) in [6, 6.07) is 52.5. The Morgan fingerprint density at radius 2 is 1.05 bits per heavy atom. The molecule has 0 bridgehead atoms. The van der Waals surface area contributed by atoms with Crippen molar-refractivity contribution in [3.8, 4) is 22.4 Å². The minimum Gasteiger partial charge on any atom is -0.454 e. The molecule has 0 N–H and O–H groups in total. The predicted octanol–water partition coefficient (Wildman–Crippen LogP) is 9.11. The highest BCUT2D eigenvalue weighted by molar-refractivity contribution is 7.85. The first-order valence-corrected chi connectivity index (χ1v) is 16.0. The van der Waals surface area contributed by atoms with Gasteiger partial charge >= 0.3 is 0 Å². The Labute approximate surface area is 249 Å². The molecule has 2 aromatic heterocycles. The van der Waals surface area contributed by atoms with Gasteiger partial charge in [-0.05, 0) is 23.3 Å². The van der Waals surface area contributed by atoms with Crippen LogP contribution in [0.4, 0.5) is 0 Å². The molecule has 2 heterocycles. The van der Waals surface area contributed by atoms with Crippen molar-refractivity contribution >= 4 is 55.9 Å². The highest BCUT2D eigenvalue weighted by Crippen LogP contribution is 2.43. The number of hydrogen-bond acceptors (Lipinski definition) is 3. The molecule has 0 aliphatic carbocycles. The van der Waals surface area contributed by atoms with Crippen LogP contribution in [-0.2, 0) is 4.57 Å². The van der Waals surface area contributed by atoms with Gasteiger partial charge in [0.05, 0.1) is 5.52 Å². The molecule has 204 valence electrons. The van der Waals surface area contributed by atoms with Crippen LogP contribution in [0, 0.1) is 0 Å². The number of rotatable bonds is 5. The lowest BCUT2D eigenvalue weighted by Crippen LogP contribution is -2.24. The fourth-order valence-corrected chi connectivity index (χ4v) is 8.69. The third-order valence-corrected chi connectivity index (χ3v) is 11.2. The fourth-order valence-electron chi connectivity index (χ4n) is 6.04. The van der Waals surface area contributed by atoms with Crippen molar-refractivity contribution in [1.29, 1.82) is 0 Å². The van der Waals surface area contributed by atoms with Gasteiger partial charge in [-0.1, -0.05) is 146 Å². The molecule has 0 aliphatic heterocycles. The summed E-state index contributed by atoms with van der Waals surface area (Å²) in [4.78, 5) is 5.15. The monoisotopic (exact) mass is 571 g/mol. The van der Waals surface area contributed by atoms with Crippen molar-refractivity contribution in [2.45, 2.75) is 0 Å². The van der Waals surface area contributed by atoms with Crippen LogP contribution in [0.1, 0.15) is 0 Å². The van der Waals surface area contributed by atoms with E-state index in [-0.39, 0.29) is 0 Å². The van der Waals surface area contributed by atoms with Gasteiger partial charge in [0.1, 0.15) is 11.3 Å². The zero-order valence-electron chi connectivity index (χ0n) is 23.2. The average Bonchev–Trinajstić information content (AvgIpc) is 3.48. The second kappa shape index (κ2) is 10.2. The summed E-state index contributed by atoms with van der Waals surface area (Å²) in [5, 5.41) is 5.68. The number of nitrogens with zero attached hydrogens (tertiary/aromatic N) is 1. The van der Waals surface area contributed by atoms with E-state index >= 15 is 0 Å². The Morgan fingerprint density at radius 3 is 1.72 bits per heavy atom. The first-order chi connectivity index (χ1) is 21.2. The van der Waals surface area contributed by atoms with E-state index in [0.29, 0.717) is 0 Å². The quantitative estimate of drug-likeness (QED) is 0.194. The summed E-state index contributed by atoms with van der Waals surface area (Å²) in [7, 11) is -3.03. The van der Waals surface area contributed by atoms with E-state index in [4.69, 9.17) is 9.40 Å². The summed E-state index contributed by atoms with van der Waals surface area (Å²) >= 11 is 0. The Bertz CT molecular complexity index is 2250. The molecule has 0 saturated heterocycles. The zero-order valence-corrected chi connectivity index (χ0v) is 24.1. The normalized spacial score (nSPS) is 11.8. The molecule has 4 heteroatoms. The average molecular weight is 572 g/mol. The molecule has 0 aliphatic rings. The largest absolute Gasteiger partial charge is 0.454 e. The summed E-state index contributed by atoms with van der Waals surface area (Å²) < 4.78 is 21.2. The Morgan fingerprint density at radius 1 is 0.488 bits per heavy atom. The van der Waals surface area contributed by atoms with Crippen LogP contribution in [0.2, 0.25) is 0 Å². The van der Waals surface area contributed by atoms with Gasteiger partial charge in [0, 0.05) is 37.6 Å². The maximum Gasteiger partial charge on any atom is 0.171 e. The predicted molar refractivity (Wildman–Crippen MR) is 179 cm³/mol. The summed E-state index contributed by atoms with van der Waals surface area (Å²) in [6.07, 6.45) is 0. The highest BCUT2D eigenvalue weighted by Gasteiger charge is 2.29. The summed E-state index contributed by atoms with van der Waals surface area (Å²) in [5.74, 6) is 0. The van der Waals surface area contributed by atoms with Crippen LogP contribution in [0.15, 0.2) is 162 Å². The number of fused-ring (bicyclic) bond motifs is 5. The maximum absolute atomic E-state index is 14.8. The number of aromatic nitrogens is 1. The van der Waals surface area contributed by atoms with Crippen LogP contribution in [0.3, 0.4) is 0 Å².